The first-order valence-corrected chi connectivity index (χ1v) is 13.1. The van der Waals surface area contributed by atoms with E-state index in [1.807, 2.05) is 43.3 Å². The van der Waals surface area contributed by atoms with E-state index in [-0.39, 0.29) is 17.1 Å². The molecule has 3 aromatic carbocycles. The van der Waals surface area contributed by atoms with E-state index in [0.717, 1.165) is 40.6 Å². The number of amides is 1. The van der Waals surface area contributed by atoms with Crippen molar-refractivity contribution in [1.82, 2.24) is 0 Å². The zero-order chi connectivity index (χ0) is 25.4. The van der Waals surface area contributed by atoms with E-state index in [0.29, 0.717) is 33.8 Å². The third-order valence-electron chi connectivity index (χ3n) is 6.48. The van der Waals surface area contributed by atoms with Gasteiger partial charge in [-0.05, 0) is 66.9 Å². The Morgan fingerprint density at radius 2 is 1.81 bits per heavy atom. The highest BCUT2D eigenvalue weighted by Crippen LogP contribution is 2.42. The number of aryl methyl sites for hydroxylation is 1. The topological polar surface area (TPSA) is 59.8 Å². The van der Waals surface area contributed by atoms with Gasteiger partial charge >= 0.3 is 0 Å². The molecule has 0 saturated carbocycles. The van der Waals surface area contributed by atoms with Crippen LogP contribution in [0.4, 0.5) is 5.69 Å². The number of hydrogen-bond acceptors (Lipinski definition) is 4. The van der Waals surface area contributed by atoms with Crippen molar-refractivity contribution in [1.29, 1.82) is 0 Å². The van der Waals surface area contributed by atoms with Crippen LogP contribution in [0.15, 0.2) is 74.3 Å². The van der Waals surface area contributed by atoms with Crippen molar-refractivity contribution in [2.45, 2.75) is 39.2 Å². The Morgan fingerprint density at radius 1 is 1.03 bits per heavy atom. The molecule has 1 unspecified atom stereocenters. The number of unbranched alkanes of at least 4 members (excludes halogenated alkanes) is 2. The van der Waals surface area contributed by atoms with E-state index in [1.54, 1.807) is 29.2 Å². The van der Waals surface area contributed by atoms with E-state index >= 15 is 0 Å². The lowest BCUT2D eigenvalue weighted by atomic mass is 9.98. The Hall–Kier alpha value is -3.09. The smallest absolute Gasteiger partial charge is 0.295 e. The zero-order valence-electron chi connectivity index (χ0n) is 20.0. The van der Waals surface area contributed by atoms with Gasteiger partial charge in [0.05, 0.1) is 23.6 Å². The van der Waals surface area contributed by atoms with Gasteiger partial charge in [-0.3, -0.25) is 14.5 Å². The van der Waals surface area contributed by atoms with Gasteiger partial charge in [-0.25, -0.2) is 0 Å². The Labute approximate surface area is 222 Å². The number of nitrogens with zero attached hydrogens (tertiary/aromatic N) is 1. The maximum atomic E-state index is 13.8. The molecule has 0 N–H and O–H groups in total. The second-order valence-electron chi connectivity index (χ2n) is 8.95. The number of fused-ring (bicyclic) bond motifs is 2. The molecule has 0 saturated heterocycles. The summed E-state index contributed by atoms with van der Waals surface area (Å²) >= 11 is 9.86. The van der Waals surface area contributed by atoms with Crippen LogP contribution in [0.25, 0.3) is 11.0 Å². The lowest BCUT2D eigenvalue weighted by Crippen LogP contribution is -2.29. The summed E-state index contributed by atoms with van der Waals surface area (Å²) in [5.74, 6) is 0.423. The monoisotopic (exact) mass is 565 g/mol. The normalized spacial score (nSPS) is 14.9. The minimum Gasteiger partial charge on any atom is -0.494 e. The number of halogens is 2. The van der Waals surface area contributed by atoms with E-state index in [1.165, 1.54) is 0 Å². The van der Waals surface area contributed by atoms with Crippen molar-refractivity contribution < 1.29 is 13.9 Å². The minimum absolute atomic E-state index is 0.0522. The summed E-state index contributed by atoms with van der Waals surface area (Å²) in [5, 5.41) is 0.958. The van der Waals surface area contributed by atoms with Gasteiger partial charge in [-0.2, -0.15) is 0 Å². The average molecular weight is 567 g/mol. The zero-order valence-corrected chi connectivity index (χ0v) is 22.4. The molecule has 0 fully saturated rings. The standard InChI is InChI=1S/C29H25BrClNO4/c1-3-4-5-14-35-21-11-7-18(8-12-21)26-25-27(33)22-15-19(30)9-13-24(22)36-28(25)29(34)32(26)20-10-6-17(2)23(31)16-20/h6-13,15-16,26H,3-5,14H2,1-2H3. The number of anilines is 1. The second-order valence-corrected chi connectivity index (χ2v) is 10.3. The molecule has 0 radical (unpaired) electrons. The Balaban J connectivity index is 1.64. The molecule has 1 aliphatic rings. The molecule has 0 bridgehead atoms. The average Bonchev–Trinajstić information content (AvgIpc) is 3.17. The van der Waals surface area contributed by atoms with E-state index in [4.69, 9.17) is 20.8 Å². The van der Waals surface area contributed by atoms with Gasteiger partial charge in [0.15, 0.2) is 5.43 Å². The number of hydrogen-bond donors (Lipinski definition) is 0. The Morgan fingerprint density at radius 3 is 2.53 bits per heavy atom. The molecule has 4 aromatic rings. The van der Waals surface area contributed by atoms with E-state index < -0.39 is 6.04 Å². The molecule has 1 atom stereocenters. The predicted molar refractivity (Wildman–Crippen MR) is 146 cm³/mol. The third kappa shape index (κ3) is 4.44. The van der Waals surface area contributed by atoms with Gasteiger partial charge in [0, 0.05) is 15.2 Å². The van der Waals surface area contributed by atoms with Crippen molar-refractivity contribution in [3.05, 3.63) is 103 Å². The second kappa shape index (κ2) is 10.1. The fourth-order valence-electron chi connectivity index (χ4n) is 4.55. The third-order valence-corrected chi connectivity index (χ3v) is 7.38. The summed E-state index contributed by atoms with van der Waals surface area (Å²) < 4.78 is 12.7. The molecule has 0 spiro atoms. The molecule has 1 aromatic heterocycles. The van der Waals surface area contributed by atoms with E-state index in [2.05, 4.69) is 22.9 Å². The van der Waals surface area contributed by atoms with Gasteiger partial charge in [0.1, 0.15) is 11.3 Å². The van der Waals surface area contributed by atoms with Crippen molar-refractivity contribution in [2.24, 2.45) is 0 Å². The highest BCUT2D eigenvalue weighted by atomic mass is 79.9. The SMILES string of the molecule is CCCCCOc1ccc(C2c3c(oc4ccc(Br)cc4c3=O)C(=O)N2c2ccc(C)c(Cl)c2)cc1. The molecule has 0 aliphatic carbocycles. The van der Waals surface area contributed by atoms with Crippen molar-refractivity contribution in [3.63, 3.8) is 0 Å². The molecule has 36 heavy (non-hydrogen) atoms. The highest BCUT2D eigenvalue weighted by molar-refractivity contribution is 9.10. The number of carbonyl (C=O) groups is 1. The first-order valence-electron chi connectivity index (χ1n) is 12.0. The van der Waals surface area contributed by atoms with Crippen LogP contribution in [0.2, 0.25) is 5.02 Å². The molecule has 184 valence electrons. The van der Waals surface area contributed by atoms with E-state index in [9.17, 15) is 9.59 Å². The summed E-state index contributed by atoms with van der Waals surface area (Å²) in [6.45, 7) is 4.70. The van der Waals surface area contributed by atoms with Crippen molar-refractivity contribution in [2.75, 3.05) is 11.5 Å². The quantitative estimate of drug-likeness (QED) is 0.214. The molecular weight excluding hydrogens is 542 g/mol. The number of ether oxygens (including phenoxy) is 1. The van der Waals surface area contributed by atoms with Crippen LogP contribution in [0, 0.1) is 6.92 Å². The molecule has 1 aliphatic heterocycles. The molecule has 7 heteroatoms. The number of rotatable bonds is 7. The Kier molecular flexibility index (Phi) is 6.91. The van der Waals surface area contributed by atoms with Crippen LogP contribution in [0.3, 0.4) is 0 Å². The van der Waals surface area contributed by atoms with Crippen molar-refractivity contribution in [3.8, 4) is 5.75 Å². The molecule has 1 amide bonds. The van der Waals surface area contributed by atoms with Crippen LogP contribution in [0.1, 0.15) is 59.5 Å². The van der Waals surface area contributed by atoms with Gasteiger partial charge in [-0.1, -0.05) is 65.5 Å². The van der Waals surface area contributed by atoms with Crippen LogP contribution < -0.4 is 15.1 Å². The summed E-state index contributed by atoms with van der Waals surface area (Å²) in [6, 6.07) is 17.5. The Bertz CT molecular complexity index is 1510. The highest BCUT2D eigenvalue weighted by Gasteiger charge is 2.43. The molecule has 2 heterocycles. The predicted octanol–water partition coefficient (Wildman–Crippen LogP) is 7.84. The summed E-state index contributed by atoms with van der Waals surface area (Å²) in [7, 11) is 0. The first-order chi connectivity index (χ1) is 17.4. The van der Waals surface area contributed by atoms with Gasteiger partial charge in [-0.15, -0.1) is 0 Å². The van der Waals surface area contributed by atoms with Crippen LogP contribution in [-0.4, -0.2) is 12.5 Å². The van der Waals surface area contributed by atoms with Crippen LogP contribution in [-0.2, 0) is 0 Å². The van der Waals surface area contributed by atoms with Gasteiger partial charge in [0.25, 0.3) is 5.91 Å². The number of carbonyl (C=O) groups excluding carboxylic acids is 1. The number of benzene rings is 3. The van der Waals surface area contributed by atoms with Crippen molar-refractivity contribution >= 4 is 50.1 Å². The molecule has 5 rings (SSSR count). The van der Waals surface area contributed by atoms with Crippen LogP contribution in [0.5, 0.6) is 5.75 Å². The summed E-state index contributed by atoms with van der Waals surface area (Å²) in [6.07, 6.45) is 3.24. The maximum Gasteiger partial charge on any atom is 0.295 e. The van der Waals surface area contributed by atoms with Gasteiger partial charge in [0.2, 0.25) is 5.76 Å². The fourth-order valence-corrected chi connectivity index (χ4v) is 5.08. The first kappa shape index (κ1) is 24.6. The fraction of sp³-hybridized carbons (Fsp3) is 0.241. The molecular formula is C29H25BrClNO4. The summed E-state index contributed by atoms with van der Waals surface area (Å²) in [5.41, 5.74) is 2.73. The maximum absolute atomic E-state index is 13.8. The molecule has 5 nitrogen and oxygen atoms in total. The van der Waals surface area contributed by atoms with Crippen LogP contribution >= 0.6 is 27.5 Å². The lowest BCUT2D eigenvalue weighted by molar-refractivity contribution is 0.0971. The lowest BCUT2D eigenvalue weighted by Gasteiger charge is -2.26. The largest absolute Gasteiger partial charge is 0.494 e. The van der Waals surface area contributed by atoms with Gasteiger partial charge < -0.3 is 9.15 Å². The minimum atomic E-state index is -0.667. The summed E-state index contributed by atoms with van der Waals surface area (Å²) in [4.78, 5) is 29.1.